The summed E-state index contributed by atoms with van der Waals surface area (Å²) in [6.07, 6.45) is 0.721. The number of aryl methyl sites for hydroxylation is 1. The Morgan fingerprint density at radius 2 is 1.90 bits per heavy atom. The number of rotatable bonds is 1. The number of oxime groups is 1. The van der Waals surface area contributed by atoms with E-state index in [2.05, 4.69) is 21.9 Å². The second-order valence-electron chi connectivity index (χ2n) is 4.92. The Labute approximate surface area is 116 Å². The molecule has 4 heteroatoms. The molecule has 2 aromatic carbocycles. The minimum atomic E-state index is 0.721. The Hall–Kier alpha value is -2.62. The van der Waals surface area contributed by atoms with E-state index in [4.69, 9.17) is 10.2 Å². The van der Waals surface area contributed by atoms with Gasteiger partial charge in [-0.15, -0.1) is 0 Å². The van der Waals surface area contributed by atoms with Gasteiger partial charge in [-0.3, -0.25) is 0 Å². The lowest BCUT2D eigenvalue weighted by atomic mass is 10.0. The van der Waals surface area contributed by atoms with E-state index in [1.165, 1.54) is 0 Å². The molecule has 0 amide bonds. The van der Waals surface area contributed by atoms with Gasteiger partial charge in [0.05, 0.1) is 16.7 Å². The molecule has 1 aliphatic heterocycles. The lowest BCUT2D eigenvalue weighted by molar-refractivity contribution is 0.317. The van der Waals surface area contributed by atoms with E-state index in [9.17, 15) is 0 Å². The summed E-state index contributed by atoms with van der Waals surface area (Å²) in [5, 5.41) is 12.6. The zero-order valence-electron chi connectivity index (χ0n) is 10.8. The zero-order chi connectivity index (χ0) is 13.5. The van der Waals surface area contributed by atoms with Gasteiger partial charge in [-0.2, -0.15) is 0 Å². The first-order chi connectivity index (χ1) is 9.88. The van der Waals surface area contributed by atoms with Crippen LogP contribution in [0.3, 0.4) is 0 Å². The Morgan fingerprint density at radius 1 is 1.05 bits per heavy atom. The molecule has 1 N–H and O–H groups in total. The van der Waals surface area contributed by atoms with Crippen molar-refractivity contribution in [1.82, 2.24) is 9.55 Å². The molecule has 4 nitrogen and oxygen atoms in total. The lowest BCUT2D eigenvalue weighted by Crippen LogP contribution is -2.15. The molecule has 1 aromatic heterocycles. The molecule has 20 heavy (non-hydrogen) atoms. The lowest BCUT2D eigenvalue weighted by Gasteiger charge is -2.17. The Kier molecular flexibility index (Phi) is 2.36. The van der Waals surface area contributed by atoms with Gasteiger partial charge in [0, 0.05) is 24.1 Å². The average Bonchev–Trinajstić information content (AvgIpc) is 2.89. The van der Waals surface area contributed by atoms with Gasteiger partial charge in [0.15, 0.2) is 0 Å². The fourth-order valence-electron chi connectivity index (χ4n) is 2.90. The molecular formula is C16H13N3O. The molecule has 0 saturated heterocycles. The highest BCUT2D eigenvalue weighted by atomic mass is 16.4. The van der Waals surface area contributed by atoms with Crippen LogP contribution in [0.1, 0.15) is 12.0 Å². The Balaban J connectivity index is 2.06. The molecule has 0 saturated carbocycles. The molecule has 0 radical (unpaired) electrons. The van der Waals surface area contributed by atoms with Crippen LogP contribution in [0.25, 0.3) is 22.4 Å². The normalized spacial score (nSPS) is 15.9. The fraction of sp³-hybridized carbons (Fsp3) is 0.125. The summed E-state index contributed by atoms with van der Waals surface area (Å²) >= 11 is 0. The monoisotopic (exact) mass is 263 g/mol. The van der Waals surface area contributed by atoms with Crippen LogP contribution >= 0.6 is 0 Å². The van der Waals surface area contributed by atoms with E-state index >= 15 is 0 Å². The summed E-state index contributed by atoms with van der Waals surface area (Å²) in [5.74, 6) is 0.977. The molecule has 4 rings (SSSR count). The zero-order valence-corrected chi connectivity index (χ0v) is 10.8. The maximum absolute atomic E-state index is 9.15. The summed E-state index contributed by atoms with van der Waals surface area (Å²) in [7, 11) is 0. The van der Waals surface area contributed by atoms with E-state index < -0.39 is 0 Å². The van der Waals surface area contributed by atoms with E-state index in [0.717, 1.165) is 46.7 Å². The van der Waals surface area contributed by atoms with Crippen molar-refractivity contribution in [2.75, 3.05) is 0 Å². The largest absolute Gasteiger partial charge is 0.411 e. The summed E-state index contributed by atoms with van der Waals surface area (Å²) in [4.78, 5) is 4.75. The van der Waals surface area contributed by atoms with Crippen LogP contribution in [-0.4, -0.2) is 20.5 Å². The first-order valence-electron chi connectivity index (χ1n) is 6.64. The van der Waals surface area contributed by atoms with Crippen molar-refractivity contribution in [2.45, 2.75) is 13.0 Å². The number of hydrogen-bond donors (Lipinski definition) is 1. The quantitative estimate of drug-likeness (QED) is 0.541. The van der Waals surface area contributed by atoms with E-state index in [1.54, 1.807) is 0 Å². The van der Waals surface area contributed by atoms with Crippen molar-refractivity contribution < 1.29 is 5.21 Å². The van der Waals surface area contributed by atoms with Crippen LogP contribution in [0.15, 0.2) is 53.7 Å². The Morgan fingerprint density at radius 3 is 2.70 bits per heavy atom. The standard InChI is InChI=1S/C16H13N3O/c20-18-13-9-10-19-15-12(13)7-4-8-14(15)17-16(19)11-5-2-1-3-6-11/h1-8,20H,9-10H2/b18-13+. The molecular weight excluding hydrogens is 250 g/mol. The minimum absolute atomic E-state index is 0.721. The van der Waals surface area contributed by atoms with E-state index in [1.807, 2.05) is 36.4 Å². The Bertz CT molecular complexity index is 818. The van der Waals surface area contributed by atoms with Gasteiger partial charge in [0.25, 0.3) is 0 Å². The third-order valence-electron chi connectivity index (χ3n) is 3.80. The van der Waals surface area contributed by atoms with E-state index in [0.29, 0.717) is 0 Å². The van der Waals surface area contributed by atoms with Crippen LogP contribution in [-0.2, 0) is 6.54 Å². The van der Waals surface area contributed by atoms with Crippen molar-refractivity contribution in [2.24, 2.45) is 5.16 Å². The number of nitrogens with zero attached hydrogens (tertiary/aromatic N) is 3. The van der Waals surface area contributed by atoms with Crippen LogP contribution in [0.2, 0.25) is 0 Å². The fourth-order valence-corrected chi connectivity index (χ4v) is 2.90. The molecule has 0 atom stereocenters. The van der Waals surface area contributed by atoms with Gasteiger partial charge < -0.3 is 9.77 Å². The molecule has 1 aliphatic rings. The summed E-state index contributed by atoms with van der Waals surface area (Å²) in [5.41, 5.74) is 4.83. The van der Waals surface area contributed by atoms with Crippen LogP contribution in [0.4, 0.5) is 0 Å². The SMILES string of the molecule is O/N=C1\CCn2c(-c3ccccc3)nc3cccc1c32. The van der Waals surface area contributed by atoms with Crippen molar-refractivity contribution >= 4 is 16.7 Å². The topological polar surface area (TPSA) is 50.4 Å². The van der Waals surface area contributed by atoms with Crippen molar-refractivity contribution in [3.8, 4) is 11.4 Å². The first kappa shape index (κ1) is 11.2. The number of aromatic nitrogens is 2. The van der Waals surface area contributed by atoms with E-state index in [-0.39, 0.29) is 0 Å². The molecule has 0 bridgehead atoms. The number of imidazole rings is 1. The minimum Gasteiger partial charge on any atom is -0.411 e. The van der Waals surface area contributed by atoms with Crippen molar-refractivity contribution in [1.29, 1.82) is 0 Å². The predicted molar refractivity (Wildman–Crippen MR) is 78.1 cm³/mol. The summed E-state index contributed by atoms with van der Waals surface area (Å²) in [6, 6.07) is 16.1. The van der Waals surface area contributed by atoms with Gasteiger partial charge in [0.1, 0.15) is 5.82 Å². The molecule has 0 fully saturated rings. The highest BCUT2D eigenvalue weighted by Crippen LogP contribution is 2.31. The number of para-hydroxylation sites is 1. The average molecular weight is 263 g/mol. The molecule has 98 valence electrons. The highest BCUT2D eigenvalue weighted by Gasteiger charge is 2.22. The highest BCUT2D eigenvalue weighted by molar-refractivity contribution is 6.10. The predicted octanol–water partition coefficient (Wildman–Crippen LogP) is 3.29. The molecule has 2 heterocycles. The summed E-state index contributed by atoms with van der Waals surface area (Å²) in [6.45, 7) is 0.789. The van der Waals surface area contributed by atoms with Crippen molar-refractivity contribution in [3.05, 3.63) is 54.1 Å². The van der Waals surface area contributed by atoms with Gasteiger partial charge >= 0.3 is 0 Å². The maximum Gasteiger partial charge on any atom is 0.141 e. The summed E-state index contributed by atoms with van der Waals surface area (Å²) < 4.78 is 2.22. The maximum atomic E-state index is 9.15. The molecule has 3 aromatic rings. The van der Waals surface area contributed by atoms with Gasteiger partial charge in [-0.25, -0.2) is 4.98 Å². The second kappa shape index (κ2) is 4.20. The smallest absolute Gasteiger partial charge is 0.141 e. The first-order valence-corrected chi connectivity index (χ1v) is 6.64. The molecule has 0 spiro atoms. The molecule has 0 unspecified atom stereocenters. The van der Waals surface area contributed by atoms with Gasteiger partial charge in [-0.05, 0) is 6.07 Å². The second-order valence-corrected chi connectivity index (χ2v) is 4.92. The number of hydrogen-bond acceptors (Lipinski definition) is 3. The third kappa shape index (κ3) is 1.48. The molecule has 0 aliphatic carbocycles. The third-order valence-corrected chi connectivity index (χ3v) is 3.80. The van der Waals surface area contributed by atoms with Crippen LogP contribution < -0.4 is 0 Å². The van der Waals surface area contributed by atoms with Crippen LogP contribution in [0.5, 0.6) is 0 Å². The van der Waals surface area contributed by atoms with Crippen LogP contribution in [0, 0.1) is 0 Å². The van der Waals surface area contributed by atoms with Gasteiger partial charge in [0.2, 0.25) is 0 Å². The van der Waals surface area contributed by atoms with Crippen molar-refractivity contribution in [3.63, 3.8) is 0 Å². The number of benzene rings is 2. The van der Waals surface area contributed by atoms with Gasteiger partial charge in [-0.1, -0.05) is 47.6 Å².